The minimum atomic E-state index is -4.76. The van der Waals surface area contributed by atoms with Crippen LogP contribution in [0.4, 0.5) is 23.2 Å². The smallest absolute Gasteiger partial charge is 0.427 e. The van der Waals surface area contributed by atoms with E-state index in [-0.39, 0.29) is 23.5 Å². The van der Waals surface area contributed by atoms with E-state index >= 15 is 0 Å². The summed E-state index contributed by atoms with van der Waals surface area (Å²) in [6.45, 7) is 1.85. The standard InChI is InChI=1S/C24H31F4N3O5S/c1-3-35-17-4-5-30-16(9-17)10-31-19-13-37(33)12-15(23(19)32)6-14-7-18(25)22(29)20(8-14)36-21(11-34-2)24(26,27)28/h4-5,7-9,15,19,21,23,31-32H,3,6,10-13,29H2,1-2H3/t15-,19+,21-,23+,37?/m1/s1. The molecule has 3 rings (SSSR count). The number of nitrogen functional groups attached to an aromatic ring is 1. The Labute approximate surface area is 215 Å². The van der Waals surface area contributed by atoms with Crippen molar-refractivity contribution in [3.05, 3.63) is 47.5 Å². The fourth-order valence-corrected chi connectivity index (χ4v) is 5.75. The lowest BCUT2D eigenvalue weighted by Gasteiger charge is -2.35. The Bertz CT molecular complexity index is 1080. The van der Waals surface area contributed by atoms with Crippen LogP contribution in [0.2, 0.25) is 0 Å². The van der Waals surface area contributed by atoms with E-state index in [0.29, 0.717) is 24.6 Å². The van der Waals surface area contributed by atoms with Crippen LogP contribution in [0.5, 0.6) is 11.5 Å². The van der Waals surface area contributed by atoms with Gasteiger partial charge in [-0.3, -0.25) is 9.19 Å². The normalized spacial score (nSPS) is 23.0. The summed E-state index contributed by atoms with van der Waals surface area (Å²) < 4.78 is 81.9. The van der Waals surface area contributed by atoms with Crippen molar-refractivity contribution >= 4 is 16.5 Å². The minimum absolute atomic E-state index is 0.0533. The van der Waals surface area contributed by atoms with Crippen molar-refractivity contribution in [3.63, 3.8) is 0 Å². The first kappa shape index (κ1) is 29.1. The predicted octanol–water partition coefficient (Wildman–Crippen LogP) is 2.60. The highest BCUT2D eigenvalue weighted by molar-refractivity contribution is 7.85. The number of anilines is 1. The second-order valence-corrected chi connectivity index (χ2v) is 10.3. The third-order valence-corrected chi connectivity index (χ3v) is 7.44. The molecule has 0 aliphatic carbocycles. The number of aliphatic hydroxyl groups excluding tert-OH is 1. The molecule has 2 aromatic rings. The molecular formula is C24H31F4N3O5S. The van der Waals surface area contributed by atoms with Crippen LogP contribution in [-0.4, -0.2) is 70.6 Å². The van der Waals surface area contributed by atoms with Gasteiger partial charge in [-0.2, -0.15) is 13.2 Å². The van der Waals surface area contributed by atoms with Crippen LogP contribution < -0.4 is 20.5 Å². The summed E-state index contributed by atoms with van der Waals surface area (Å²) in [6.07, 6.45) is -6.40. The zero-order valence-corrected chi connectivity index (χ0v) is 21.3. The number of halogens is 4. The van der Waals surface area contributed by atoms with Crippen molar-refractivity contribution in [3.8, 4) is 11.5 Å². The molecule has 1 saturated heterocycles. The van der Waals surface area contributed by atoms with Crippen LogP contribution in [0.15, 0.2) is 30.5 Å². The molecule has 0 bridgehead atoms. The highest BCUT2D eigenvalue weighted by Gasteiger charge is 2.42. The molecule has 0 saturated carbocycles. The Kier molecular flexibility index (Phi) is 10.1. The molecule has 0 amide bonds. The number of hydrogen-bond donors (Lipinski definition) is 3. The first-order valence-corrected chi connectivity index (χ1v) is 13.1. The molecule has 2 heterocycles. The maximum Gasteiger partial charge on any atom is 0.427 e. The molecule has 1 unspecified atom stereocenters. The van der Waals surface area contributed by atoms with E-state index in [0.717, 1.165) is 13.2 Å². The summed E-state index contributed by atoms with van der Waals surface area (Å²) in [5.74, 6) is -0.973. The SMILES string of the molecule is CCOc1ccnc(CN[C@H]2CS(=O)C[C@@H](Cc3cc(F)c(N)c(O[C@H](COC)C(F)(F)F)c3)[C@@H]2O)c1. The molecule has 1 aromatic carbocycles. The molecule has 5 atom stereocenters. The van der Waals surface area contributed by atoms with Crippen LogP contribution in [0.1, 0.15) is 18.2 Å². The summed E-state index contributed by atoms with van der Waals surface area (Å²) in [5.41, 5.74) is 6.00. The summed E-state index contributed by atoms with van der Waals surface area (Å²) >= 11 is 0. The van der Waals surface area contributed by atoms with Crippen LogP contribution in [-0.2, 0) is 28.5 Å². The van der Waals surface area contributed by atoms with E-state index in [2.05, 4.69) is 15.0 Å². The van der Waals surface area contributed by atoms with Crippen molar-refractivity contribution < 1.29 is 41.1 Å². The van der Waals surface area contributed by atoms with Crippen molar-refractivity contribution in [1.29, 1.82) is 0 Å². The Morgan fingerprint density at radius 1 is 1.30 bits per heavy atom. The second-order valence-electron chi connectivity index (χ2n) is 8.72. The fraction of sp³-hybridized carbons (Fsp3) is 0.542. The fourth-order valence-electron chi connectivity index (χ4n) is 4.10. The van der Waals surface area contributed by atoms with Crippen LogP contribution in [0.3, 0.4) is 0 Å². The number of nitrogens with two attached hydrogens (primary N) is 1. The molecule has 0 spiro atoms. The van der Waals surface area contributed by atoms with E-state index in [4.69, 9.17) is 15.2 Å². The number of hydrogen-bond acceptors (Lipinski definition) is 8. The van der Waals surface area contributed by atoms with Gasteiger partial charge in [-0.15, -0.1) is 0 Å². The average Bonchev–Trinajstić information content (AvgIpc) is 2.83. The topological polar surface area (TPSA) is 116 Å². The van der Waals surface area contributed by atoms with Gasteiger partial charge in [0.25, 0.3) is 0 Å². The van der Waals surface area contributed by atoms with E-state index in [1.165, 1.54) is 6.07 Å². The lowest BCUT2D eigenvalue weighted by molar-refractivity contribution is -0.206. The van der Waals surface area contributed by atoms with Crippen LogP contribution in [0.25, 0.3) is 0 Å². The minimum Gasteiger partial charge on any atom is -0.494 e. The Morgan fingerprint density at radius 2 is 2.05 bits per heavy atom. The second kappa shape index (κ2) is 12.9. The summed E-state index contributed by atoms with van der Waals surface area (Å²) in [5, 5.41) is 14.2. The van der Waals surface area contributed by atoms with Crippen LogP contribution in [0, 0.1) is 11.7 Å². The first-order valence-electron chi connectivity index (χ1n) is 11.7. The van der Waals surface area contributed by atoms with Gasteiger partial charge in [0.1, 0.15) is 23.0 Å². The van der Waals surface area contributed by atoms with Gasteiger partial charge in [0.2, 0.25) is 6.10 Å². The molecule has 13 heteroatoms. The molecule has 1 aliphatic rings. The number of aromatic nitrogens is 1. The molecule has 206 valence electrons. The predicted molar refractivity (Wildman–Crippen MR) is 130 cm³/mol. The van der Waals surface area contributed by atoms with Crippen LogP contribution >= 0.6 is 0 Å². The largest absolute Gasteiger partial charge is 0.494 e. The average molecular weight is 550 g/mol. The molecule has 0 radical (unpaired) electrons. The molecule has 1 fully saturated rings. The van der Waals surface area contributed by atoms with Crippen molar-refractivity contribution in [2.45, 2.75) is 44.3 Å². The number of methoxy groups -OCH3 is 1. The van der Waals surface area contributed by atoms with E-state index in [1.807, 2.05) is 6.92 Å². The Hall–Kier alpha value is -2.48. The summed E-state index contributed by atoms with van der Waals surface area (Å²) in [6, 6.07) is 5.24. The molecule has 4 N–H and O–H groups in total. The maximum atomic E-state index is 14.5. The van der Waals surface area contributed by atoms with Gasteiger partial charge in [-0.1, -0.05) is 0 Å². The van der Waals surface area contributed by atoms with Gasteiger partial charge in [0, 0.05) is 60.2 Å². The van der Waals surface area contributed by atoms with Gasteiger partial charge in [-0.05, 0) is 37.1 Å². The zero-order chi connectivity index (χ0) is 27.2. The summed E-state index contributed by atoms with van der Waals surface area (Å²) in [7, 11) is -0.195. The number of ether oxygens (including phenoxy) is 3. The molecule has 8 nitrogen and oxygen atoms in total. The first-order chi connectivity index (χ1) is 17.5. The number of pyridine rings is 1. The van der Waals surface area contributed by atoms with E-state index in [1.54, 1.807) is 18.3 Å². The number of benzene rings is 1. The third kappa shape index (κ3) is 8.00. The van der Waals surface area contributed by atoms with Gasteiger partial charge in [0.15, 0.2) is 0 Å². The highest BCUT2D eigenvalue weighted by atomic mass is 32.2. The number of alkyl halides is 3. The lowest BCUT2D eigenvalue weighted by atomic mass is 9.91. The van der Waals surface area contributed by atoms with Gasteiger partial charge in [0.05, 0.1) is 25.0 Å². The monoisotopic (exact) mass is 549 g/mol. The number of aliphatic hydroxyl groups is 1. The lowest BCUT2D eigenvalue weighted by Crippen LogP contribution is -2.53. The summed E-state index contributed by atoms with van der Waals surface area (Å²) in [4.78, 5) is 4.26. The van der Waals surface area contributed by atoms with E-state index in [9.17, 15) is 26.9 Å². The van der Waals surface area contributed by atoms with Crippen molar-refractivity contribution in [1.82, 2.24) is 10.3 Å². The highest BCUT2D eigenvalue weighted by Crippen LogP contribution is 2.33. The molecule has 37 heavy (non-hydrogen) atoms. The number of rotatable bonds is 11. The van der Waals surface area contributed by atoms with E-state index < -0.39 is 65.0 Å². The zero-order valence-electron chi connectivity index (χ0n) is 20.5. The molecule has 1 aromatic heterocycles. The molecule has 1 aliphatic heterocycles. The van der Waals surface area contributed by atoms with Crippen molar-refractivity contribution in [2.24, 2.45) is 5.92 Å². The Morgan fingerprint density at radius 3 is 2.73 bits per heavy atom. The number of nitrogens with zero attached hydrogens (tertiary/aromatic N) is 1. The maximum absolute atomic E-state index is 14.5. The van der Waals surface area contributed by atoms with Gasteiger partial charge < -0.3 is 30.4 Å². The Balaban J connectivity index is 1.72. The third-order valence-electron chi connectivity index (χ3n) is 5.91. The number of nitrogens with one attached hydrogen (secondary N) is 1. The van der Waals surface area contributed by atoms with Crippen molar-refractivity contribution in [2.75, 3.05) is 37.6 Å². The van der Waals surface area contributed by atoms with Gasteiger partial charge in [-0.25, -0.2) is 4.39 Å². The molecular weight excluding hydrogens is 518 g/mol. The quantitative estimate of drug-likeness (QED) is 0.290. The van der Waals surface area contributed by atoms with Gasteiger partial charge >= 0.3 is 6.18 Å².